The van der Waals surface area contributed by atoms with Gasteiger partial charge in [0, 0.05) is 17.2 Å². The molecule has 0 spiro atoms. The second kappa shape index (κ2) is 8.54. The molecule has 3 heterocycles. The number of ether oxygens (including phenoxy) is 6. The summed E-state index contributed by atoms with van der Waals surface area (Å²) in [6.07, 6.45) is -7.09. The topological polar surface area (TPSA) is 136 Å². The van der Waals surface area contributed by atoms with Gasteiger partial charge in [0.25, 0.3) is 0 Å². The van der Waals surface area contributed by atoms with Crippen LogP contribution in [0.5, 0.6) is 28.7 Å². The molecule has 1 saturated heterocycles. The van der Waals surface area contributed by atoms with Crippen molar-refractivity contribution in [2.75, 3.05) is 27.4 Å². The van der Waals surface area contributed by atoms with Gasteiger partial charge in [-0.3, -0.25) is 0 Å². The summed E-state index contributed by atoms with van der Waals surface area (Å²) in [6, 6.07) is 8.93. The molecule has 0 unspecified atom stereocenters. The summed E-state index contributed by atoms with van der Waals surface area (Å²) < 4.78 is 34.3. The molecule has 1 fully saturated rings. The smallest absolute Gasteiger partial charge is 0.229 e. The molecule has 178 valence electrons. The Balaban J connectivity index is 1.38. The van der Waals surface area contributed by atoms with E-state index in [1.165, 1.54) is 0 Å². The van der Waals surface area contributed by atoms with E-state index in [-0.39, 0.29) is 12.0 Å². The summed E-state index contributed by atoms with van der Waals surface area (Å²) in [5.74, 6) is 2.60. The van der Waals surface area contributed by atoms with Crippen LogP contribution < -0.4 is 23.7 Å². The van der Waals surface area contributed by atoms with E-state index in [1.807, 2.05) is 12.1 Å². The minimum absolute atomic E-state index is 0.0236. The number of rotatable bonds is 5. The highest BCUT2D eigenvalue weighted by Crippen LogP contribution is 2.56. The quantitative estimate of drug-likeness (QED) is 0.497. The Labute approximate surface area is 189 Å². The lowest BCUT2D eigenvalue weighted by Gasteiger charge is -2.39. The van der Waals surface area contributed by atoms with E-state index in [2.05, 4.69) is 0 Å². The number of aliphatic hydroxyl groups excluding tert-OH is 4. The molecule has 0 saturated carbocycles. The van der Waals surface area contributed by atoms with Crippen LogP contribution >= 0.6 is 0 Å². The van der Waals surface area contributed by atoms with Crippen LogP contribution in [0.25, 0.3) is 0 Å². The van der Waals surface area contributed by atoms with Crippen molar-refractivity contribution < 1.29 is 48.8 Å². The lowest BCUT2D eigenvalue weighted by molar-refractivity contribution is -0.277. The Bertz CT molecular complexity index is 1020. The molecule has 0 amide bonds. The molecule has 10 heteroatoms. The minimum atomic E-state index is -1.52. The fourth-order valence-corrected chi connectivity index (χ4v) is 4.58. The Morgan fingerprint density at radius 2 is 1.76 bits per heavy atom. The van der Waals surface area contributed by atoms with Crippen LogP contribution in [0.3, 0.4) is 0 Å². The van der Waals surface area contributed by atoms with Crippen LogP contribution in [0, 0.1) is 0 Å². The van der Waals surface area contributed by atoms with Crippen molar-refractivity contribution in [3.05, 3.63) is 41.5 Å². The Morgan fingerprint density at radius 3 is 2.48 bits per heavy atom. The number of hydrogen-bond donors (Lipinski definition) is 4. The van der Waals surface area contributed by atoms with Crippen LogP contribution in [0.15, 0.2) is 30.3 Å². The molecule has 5 rings (SSSR count). The van der Waals surface area contributed by atoms with E-state index >= 15 is 0 Å². The number of fused-ring (bicyclic) bond motifs is 5. The number of aliphatic hydroxyl groups is 4. The summed E-state index contributed by atoms with van der Waals surface area (Å²) in [4.78, 5) is 0. The molecule has 10 nitrogen and oxygen atoms in total. The van der Waals surface area contributed by atoms with Gasteiger partial charge in [0.1, 0.15) is 42.0 Å². The summed E-state index contributed by atoms with van der Waals surface area (Å²) >= 11 is 0. The van der Waals surface area contributed by atoms with Gasteiger partial charge in [0.2, 0.25) is 12.0 Å². The Hall–Kier alpha value is -2.76. The van der Waals surface area contributed by atoms with Gasteiger partial charge in [0.05, 0.1) is 33.4 Å². The van der Waals surface area contributed by atoms with E-state index < -0.39 is 37.3 Å². The zero-order valence-corrected chi connectivity index (χ0v) is 18.1. The van der Waals surface area contributed by atoms with E-state index in [4.69, 9.17) is 28.4 Å². The monoisotopic (exact) mass is 462 g/mol. The van der Waals surface area contributed by atoms with Gasteiger partial charge in [0.15, 0.2) is 11.5 Å². The predicted molar refractivity (Wildman–Crippen MR) is 112 cm³/mol. The van der Waals surface area contributed by atoms with Crippen molar-refractivity contribution in [2.45, 2.75) is 42.7 Å². The molecular weight excluding hydrogens is 436 g/mol. The summed E-state index contributed by atoms with van der Waals surface area (Å²) in [6.45, 7) is -0.156. The largest absolute Gasteiger partial charge is 0.493 e. The molecule has 0 aliphatic carbocycles. The van der Waals surface area contributed by atoms with Crippen molar-refractivity contribution in [1.29, 1.82) is 0 Å². The highest BCUT2D eigenvalue weighted by Gasteiger charge is 2.46. The van der Waals surface area contributed by atoms with Crippen molar-refractivity contribution in [1.82, 2.24) is 0 Å². The highest BCUT2D eigenvalue weighted by atomic mass is 16.7. The Morgan fingerprint density at radius 1 is 0.970 bits per heavy atom. The molecule has 33 heavy (non-hydrogen) atoms. The molecule has 0 bridgehead atoms. The van der Waals surface area contributed by atoms with Crippen molar-refractivity contribution in [2.24, 2.45) is 0 Å². The van der Waals surface area contributed by atoms with Crippen LogP contribution in [0.2, 0.25) is 0 Å². The van der Waals surface area contributed by atoms with Crippen LogP contribution in [-0.2, 0) is 4.74 Å². The highest BCUT2D eigenvalue weighted by molar-refractivity contribution is 5.61. The average molecular weight is 462 g/mol. The van der Waals surface area contributed by atoms with Gasteiger partial charge in [-0.15, -0.1) is 0 Å². The standard InChI is InChI=1S/C23H26O10/c1-28-14-6-5-11-13-9-30-15-7-10(3-4-12(15)20(13)33-21(11)22(14)29-2)31-23-19(27)18(26)17(25)16(8-24)32-23/h3-7,13,16-20,23-27H,8-9H2,1-2H3/t13-,16+,17+,18-,19+,20-,23+/m1/s1. The molecule has 0 aromatic heterocycles. The fourth-order valence-electron chi connectivity index (χ4n) is 4.58. The first-order valence-electron chi connectivity index (χ1n) is 10.6. The van der Waals surface area contributed by atoms with Crippen molar-refractivity contribution in [3.63, 3.8) is 0 Å². The van der Waals surface area contributed by atoms with E-state index in [0.717, 1.165) is 11.1 Å². The normalized spacial score (nSPS) is 32.0. The van der Waals surface area contributed by atoms with Crippen molar-refractivity contribution >= 4 is 0 Å². The molecule has 2 aromatic carbocycles. The van der Waals surface area contributed by atoms with E-state index in [9.17, 15) is 20.4 Å². The third-order valence-corrected chi connectivity index (χ3v) is 6.35. The van der Waals surface area contributed by atoms with E-state index in [1.54, 1.807) is 32.4 Å². The predicted octanol–water partition coefficient (Wildman–Crippen LogP) is 0.492. The van der Waals surface area contributed by atoms with Gasteiger partial charge in [-0.25, -0.2) is 0 Å². The second-order valence-electron chi connectivity index (χ2n) is 8.19. The molecular formula is C23H26O10. The summed E-state index contributed by atoms with van der Waals surface area (Å²) in [5.41, 5.74) is 1.80. The minimum Gasteiger partial charge on any atom is -0.493 e. The molecule has 7 atom stereocenters. The SMILES string of the molecule is COc1ccc2c(c1OC)O[C@@H]1c3ccc(O[C@H]4O[C@@H](CO)[C@H](O)[C@@H](O)[C@@H]4O)cc3OC[C@H]21. The number of benzene rings is 2. The molecule has 0 radical (unpaired) electrons. The van der Waals surface area contributed by atoms with E-state index in [0.29, 0.717) is 35.4 Å². The zero-order valence-electron chi connectivity index (χ0n) is 18.1. The first-order chi connectivity index (χ1) is 16.0. The number of hydrogen-bond acceptors (Lipinski definition) is 10. The maximum atomic E-state index is 10.2. The van der Waals surface area contributed by atoms with Crippen LogP contribution in [0.4, 0.5) is 0 Å². The second-order valence-corrected chi connectivity index (χ2v) is 8.19. The first kappa shape index (κ1) is 22.1. The third-order valence-electron chi connectivity index (χ3n) is 6.35. The van der Waals surface area contributed by atoms with Crippen LogP contribution in [-0.4, -0.2) is 78.6 Å². The maximum absolute atomic E-state index is 10.2. The first-order valence-corrected chi connectivity index (χ1v) is 10.6. The van der Waals surface area contributed by atoms with Gasteiger partial charge in [-0.1, -0.05) is 6.07 Å². The van der Waals surface area contributed by atoms with Gasteiger partial charge in [-0.05, 0) is 18.2 Å². The average Bonchev–Trinajstić information content (AvgIpc) is 3.22. The molecule has 2 aromatic rings. The van der Waals surface area contributed by atoms with Gasteiger partial charge < -0.3 is 48.8 Å². The molecule has 3 aliphatic heterocycles. The molecule has 3 aliphatic rings. The van der Waals surface area contributed by atoms with Crippen molar-refractivity contribution in [3.8, 4) is 28.7 Å². The maximum Gasteiger partial charge on any atom is 0.229 e. The molecule has 4 N–H and O–H groups in total. The fraction of sp³-hybridized carbons (Fsp3) is 0.478. The summed E-state index contributed by atoms with van der Waals surface area (Å²) in [7, 11) is 3.14. The lowest BCUT2D eigenvalue weighted by atomic mass is 9.89. The number of methoxy groups -OCH3 is 2. The lowest BCUT2D eigenvalue weighted by Crippen LogP contribution is -2.60. The Kier molecular flexibility index (Phi) is 5.71. The third kappa shape index (κ3) is 3.54. The van der Waals surface area contributed by atoms with Gasteiger partial charge in [-0.2, -0.15) is 0 Å². The zero-order chi connectivity index (χ0) is 23.3. The van der Waals surface area contributed by atoms with Crippen LogP contribution in [0.1, 0.15) is 23.1 Å². The summed E-state index contributed by atoms with van der Waals surface area (Å²) in [5, 5.41) is 39.5. The van der Waals surface area contributed by atoms with Gasteiger partial charge >= 0.3 is 0 Å².